The number of alkyl halides is 3. The Hall–Kier alpha value is -2.54. The van der Waals surface area contributed by atoms with E-state index < -0.39 is 23.2 Å². The number of piperidine rings is 1. The van der Waals surface area contributed by atoms with Gasteiger partial charge in [0.1, 0.15) is 18.0 Å². The lowest BCUT2D eigenvalue weighted by atomic mass is 9.91. The molecule has 1 N–H and O–H groups in total. The smallest absolute Gasteiger partial charge is 0.417 e. The quantitative estimate of drug-likeness (QED) is 0.819. The Morgan fingerprint density at radius 1 is 1.10 bits per heavy atom. The number of hydrogen-bond donors (Lipinski definition) is 1. The van der Waals surface area contributed by atoms with Crippen molar-refractivity contribution in [3.05, 3.63) is 64.7 Å². The minimum Gasteiger partial charge on any atom is -0.491 e. The minimum absolute atomic E-state index is 0.0661. The summed E-state index contributed by atoms with van der Waals surface area (Å²) in [6.45, 7) is 4.36. The number of hydrogen-bond acceptors (Lipinski definition) is 3. The van der Waals surface area contributed by atoms with E-state index in [1.165, 1.54) is 23.1 Å². The van der Waals surface area contributed by atoms with Gasteiger partial charge in [-0.25, -0.2) is 0 Å². The van der Waals surface area contributed by atoms with Gasteiger partial charge in [0.15, 0.2) is 0 Å². The van der Waals surface area contributed by atoms with Gasteiger partial charge in [0.05, 0.1) is 11.1 Å². The van der Waals surface area contributed by atoms with E-state index in [1.54, 1.807) is 0 Å². The number of benzene rings is 2. The maximum absolute atomic E-state index is 13.2. The van der Waals surface area contributed by atoms with E-state index in [1.807, 2.05) is 32.0 Å². The summed E-state index contributed by atoms with van der Waals surface area (Å²) in [7, 11) is 0. The highest BCUT2D eigenvalue weighted by atomic mass is 19.4. The normalized spacial score (nSPS) is 16.6. The van der Waals surface area contributed by atoms with Gasteiger partial charge in [-0.3, -0.25) is 4.79 Å². The number of rotatable bonds is 4. The summed E-state index contributed by atoms with van der Waals surface area (Å²) in [6, 6.07) is 10.4. The number of amides is 1. The van der Waals surface area contributed by atoms with Crippen molar-refractivity contribution in [3.63, 3.8) is 0 Å². The third-order valence-corrected chi connectivity index (χ3v) is 5.43. The van der Waals surface area contributed by atoms with Gasteiger partial charge in [-0.2, -0.15) is 13.2 Å². The second-order valence-electron chi connectivity index (χ2n) is 7.59. The molecule has 2 aromatic rings. The molecule has 3 rings (SSSR count). The summed E-state index contributed by atoms with van der Waals surface area (Å²) in [4.78, 5) is 14.0. The number of carbonyl (C=O) groups is 1. The molecule has 1 aliphatic rings. The Labute approximate surface area is 167 Å². The SMILES string of the molecule is Cc1ccc(OCC2(O)CCN(C(=O)c3ccccc3C(F)(F)F)CC2)cc1C. The van der Waals surface area contributed by atoms with Gasteiger partial charge in [0, 0.05) is 13.1 Å². The zero-order valence-electron chi connectivity index (χ0n) is 16.4. The van der Waals surface area contributed by atoms with Crippen LogP contribution in [0.3, 0.4) is 0 Å². The average Bonchev–Trinajstić information content (AvgIpc) is 2.68. The highest BCUT2D eigenvalue weighted by molar-refractivity contribution is 5.96. The van der Waals surface area contributed by atoms with E-state index in [2.05, 4.69) is 0 Å². The molecular formula is C22H24F3NO3. The molecule has 2 aromatic carbocycles. The monoisotopic (exact) mass is 407 g/mol. The van der Waals surface area contributed by atoms with Crippen molar-refractivity contribution < 1.29 is 27.8 Å². The molecule has 0 atom stereocenters. The molecule has 0 radical (unpaired) electrons. The molecule has 156 valence electrons. The van der Waals surface area contributed by atoms with Gasteiger partial charge in [0.25, 0.3) is 5.91 Å². The van der Waals surface area contributed by atoms with Crippen LogP contribution in [-0.4, -0.2) is 41.2 Å². The van der Waals surface area contributed by atoms with Crippen LogP contribution >= 0.6 is 0 Å². The third-order valence-electron chi connectivity index (χ3n) is 5.43. The average molecular weight is 407 g/mol. The van der Waals surface area contributed by atoms with Crippen molar-refractivity contribution in [2.45, 2.75) is 38.5 Å². The summed E-state index contributed by atoms with van der Waals surface area (Å²) in [5, 5.41) is 10.8. The minimum atomic E-state index is -4.59. The van der Waals surface area contributed by atoms with Crippen LogP contribution in [0, 0.1) is 13.8 Å². The van der Waals surface area contributed by atoms with Crippen LogP contribution < -0.4 is 4.74 Å². The zero-order chi connectivity index (χ0) is 21.2. The molecule has 7 heteroatoms. The number of likely N-dealkylation sites (tertiary alicyclic amines) is 1. The molecule has 0 unspecified atom stereocenters. The van der Waals surface area contributed by atoms with Crippen LogP contribution in [0.15, 0.2) is 42.5 Å². The molecular weight excluding hydrogens is 383 g/mol. The van der Waals surface area contributed by atoms with E-state index in [9.17, 15) is 23.1 Å². The zero-order valence-corrected chi connectivity index (χ0v) is 16.4. The van der Waals surface area contributed by atoms with Crippen LogP contribution in [0.5, 0.6) is 5.75 Å². The van der Waals surface area contributed by atoms with Gasteiger partial charge in [-0.05, 0) is 62.1 Å². The Bertz CT molecular complexity index is 887. The second kappa shape index (κ2) is 8.06. The largest absolute Gasteiger partial charge is 0.491 e. The maximum atomic E-state index is 13.2. The van der Waals surface area contributed by atoms with Crippen LogP contribution in [0.1, 0.15) is 39.9 Å². The van der Waals surface area contributed by atoms with E-state index in [0.29, 0.717) is 5.75 Å². The first kappa shape index (κ1) is 21.2. The lowest BCUT2D eigenvalue weighted by Gasteiger charge is -2.38. The molecule has 0 saturated carbocycles. The third kappa shape index (κ3) is 4.90. The lowest BCUT2D eigenvalue weighted by molar-refractivity contribution is -0.138. The number of aryl methyl sites for hydroxylation is 2. The second-order valence-corrected chi connectivity index (χ2v) is 7.59. The molecule has 1 heterocycles. The Morgan fingerprint density at radius 2 is 1.76 bits per heavy atom. The van der Waals surface area contributed by atoms with Crippen molar-refractivity contribution in [1.29, 1.82) is 0 Å². The van der Waals surface area contributed by atoms with Gasteiger partial charge in [-0.15, -0.1) is 0 Å². The summed E-state index contributed by atoms with van der Waals surface area (Å²) in [5.41, 5.74) is -0.208. The van der Waals surface area contributed by atoms with Crippen molar-refractivity contribution in [3.8, 4) is 5.75 Å². The first-order valence-corrected chi connectivity index (χ1v) is 9.47. The molecule has 29 heavy (non-hydrogen) atoms. The number of aliphatic hydroxyl groups is 1. The van der Waals surface area contributed by atoms with Crippen molar-refractivity contribution in [1.82, 2.24) is 4.90 Å². The van der Waals surface area contributed by atoms with Crippen LogP contribution in [0.2, 0.25) is 0 Å². The highest BCUT2D eigenvalue weighted by Crippen LogP contribution is 2.33. The molecule has 4 nitrogen and oxygen atoms in total. The first-order chi connectivity index (χ1) is 13.6. The lowest BCUT2D eigenvalue weighted by Crippen LogP contribution is -2.49. The number of ether oxygens (including phenoxy) is 1. The Balaban J connectivity index is 1.62. The fourth-order valence-corrected chi connectivity index (χ4v) is 3.38. The summed E-state index contributed by atoms with van der Waals surface area (Å²) in [5.74, 6) is -0.0193. The van der Waals surface area contributed by atoms with Crippen LogP contribution in [-0.2, 0) is 6.18 Å². The highest BCUT2D eigenvalue weighted by Gasteiger charge is 2.39. The van der Waals surface area contributed by atoms with Gasteiger partial charge >= 0.3 is 6.18 Å². The van der Waals surface area contributed by atoms with E-state index in [-0.39, 0.29) is 38.1 Å². The fourth-order valence-electron chi connectivity index (χ4n) is 3.38. The molecule has 1 aliphatic heterocycles. The fraction of sp³-hybridized carbons (Fsp3) is 0.409. The molecule has 1 saturated heterocycles. The number of halogens is 3. The van der Waals surface area contributed by atoms with Gasteiger partial charge < -0.3 is 14.7 Å². The molecule has 0 bridgehead atoms. The first-order valence-electron chi connectivity index (χ1n) is 9.47. The molecule has 0 spiro atoms. The predicted octanol–water partition coefficient (Wildman–Crippen LogP) is 4.37. The van der Waals surface area contributed by atoms with Gasteiger partial charge in [-0.1, -0.05) is 18.2 Å². The van der Waals surface area contributed by atoms with Crippen molar-refractivity contribution in [2.24, 2.45) is 0 Å². The topological polar surface area (TPSA) is 49.8 Å². The van der Waals surface area contributed by atoms with Crippen molar-refractivity contribution in [2.75, 3.05) is 19.7 Å². The van der Waals surface area contributed by atoms with Crippen LogP contribution in [0.25, 0.3) is 0 Å². The Kier molecular flexibility index (Phi) is 5.89. The number of carbonyl (C=O) groups excluding carboxylic acids is 1. The maximum Gasteiger partial charge on any atom is 0.417 e. The Morgan fingerprint density at radius 3 is 2.38 bits per heavy atom. The van der Waals surface area contributed by atoms with E-state index in [4.69, 9.17) is 4.74 Å². The summed E-state index contributed by atoms with van der Waals surface area (Å²) < 4.78 is 45.3. The predicted molar refractivity (Wildman–Crippen MR) is 103 cm³/mol. The number of nitrogens with zero attached hydrogens (tertiary/aromatic N) is 1. The van der Waals surface area contributed by atoms with Crippen LogP contribution in [0.4, 0.5) is 13.2 Å². The molecule has 1 fully saturated rings. The molecule has 0 aliphatic carbocycles. The molecule has 0 aromatic heterocycles. The van der Waals surface area contributed by atoms with Crippen molar-refractivity contribution >= 4 is 5.91 Å². The molecule has 1 amide bonds. The van der Waals surface area contributed by atoms with E-state index >= 15 is 0 Å². The summed E-state index contributed by atoms with van der Waals surface area (Å²) >= 11 is 0. The van der Waals surface area contributed by atoms with Gasteiger partial charge in [0.2, 0.25) is 0 Å². The summed E-state index contributed by atoms with van der Waals surface area (Å²) in [6.07, 6.45) is -4.13. The van der Waals surface area contributed by atoms with E-state index in [0.717, 1.165) is 17.2 Å². The standard InChI is InChI=1S/C22H24F3NO3/c1-15-7-8-17(13-16(15)2)29-14-21(28)9-11-26(12-10-21)20(27)18-5-3-4-6-19(18)22(23,24)25/h3-8,13,28H,9-12,14H2,1-2H3.